The molecule has 2 heterocycles. The van der Waals surface area contributed by atoms with Crippen LogP contribution in [0.5, 0.6) is 11.5 Å². The molecular formula is C19H24N2O3. The summed E-state index contributed by atoms with van der Waals surface area (Å²) in [6, 6.07) is 5.81. The van der Waals surface area contributed by atoms with E-state index >= 15 is 0 Å². The summed E-state index contributed by atoms with van der Waals surface area (Å²) < 4.78 is 11.7. The Morgan fingerprint density at radius 1 is 1.46 bits per heavy atom. The fourth-order valence-electron chi connectivity index (χ4n) is 3.20. The van der Waals surface area contributed by atoms with E-state index in [1.165, 1.54) is 0 Å². The maximum atomic E-state index is 12.4. The van der Waals surface area contributed by atoms with Gasteiger partial charge < -0.3 is 9.47 Å². The molecule has 0 N–H and O–H groups in total. The minimum atomic E-state index is -0.236. The number of rotatable bonds is 3. The molecule has 24 heavy (non-hydrogen) atoms. The highest BCUT2D eigenvalue weighted by atomic mass is 16.5. The maximum absolute atomic E-state index is 12.4. The summed E-state index contributed by atoms with van der Waals surface area (Å²) in [5, 5.41) is 0. The minimum Gasteiger partial charge on any atom is -0.483 e. The molecule has 2 aliphatic rings. The SMILES string of the molecule is CC1=CC(C)C(N(C)C(=O)COc2cccc3c2OC(C)(C)C3)=N1. The van der Waals surface area contributed by atoms with Gasteiger partial charge in [-0.25, -0.2) is 4.99 Å². The molecule has 1 unspecified atom stereocenters. The van der Waals surface area contributed by atoms with Crippen LogP contribution in [0, 0.1) is 5.92 Å². The van der Waals surface area contributed by atoms with Crippen molar-refractivity contribution in [2.24, 2.45) is 10.9 Å². The minimum absolute atomic E-state index is 0.0401. The van der Waals surface area contributed by atoms with Gasteiger partial charge in [-0.2, -0.15) is 0 Å². The molecule has 0 saturated heterocycles. The molecule has 5 heteroatoms. The maximum Gasteiger partial charge on any atom is 0.265 e. The molecule has 1 aromatic carbocycles. The summed E-state index contributed by atoms with van der Waals surface area (Å²) in [4.78, 5) is 18.4. The molecule has 0 saturated carbocycles. The first kappa shape index (κ1) is 16.6. The highest BCUT2D eigenvalue weighted by Crippen LogP contribution is 2.41. The van der Waals surface area contributed by atoms with E-state index in [1.54, 1.807) is 11.9 Å². The van der Waals surface area contributed by atoms with Crippen LogP contribution in [-0.4, -0.2) is 35.9 Å². The topological polar surface area (TPSA) is 51.1 Å². The lowest BCUT2D eigenvalue weighted by Crippen LogP contribution is -2.38. The Hall–Kier alpha value is -2.30. The van der Waals surface area contributed by atoms with Gasteiger partial charge in [0.25, 0.3) is 5.91 Å². The highest BCUT2D eigenvalue weighted by molar-refractivity contribution is 6.01. The lowest BCUT2D eigenvalue weighted by Gasteiger charge is -2.21. The summed E-state index contributed by atoms with van der Waals surface area (Å²) in [6.45, 7) is 8.02. The van der Waals surface area contributed by atoms with Crippen molar-refractivity contribution in [2.75, 3.05) is 13.7 Å². The Balaban J connectivity index is 1.66. The molecule has 0 aromatic heterocycles. The van der Waals surface area contributed by atoms with Crippen LogP contribution in [-0.2, 0) is 11.2 Å². The third-order valence-electron chi connectivity index (χ3n) is 4.31. The molecule has 0 bridgehead atoms. The van der Waals surface area contributed by atoms with Crippen LogP contribution in [0.3, 0.4) is 0 Å². The number of aliphatic imine (C=N–C) groups is 1. The first-order chi connectivity index (χ1) is 11.3. The van der Waals surface area contributed by atoms with E-state index in [-0.39, 0.29) is 24.0 Å². The molecule has 1 aromatic rings. The van der Waals surface area contributed by atoms with E-state index in [9.17, 15) is 4.79 Å². The fourth-order valence-corrected chi connectivity index (χ4v) is 3.20. The Kier molecular flexibility index (Phi) is 4.11. The number of allylic oxidation sites excluding steroid dienone is 1. The van der Waals surface area contributed by atoms with Crippen LogP contribution in [0.2, 0.25) is 0 Å². The van der Waals surface area contributed by atoms with Gasteiger partial charge in [0.05, 0.1) is 0 Å². The quantitative estimate of drug-likeness (QED) is 0.856. The molecule has 0 radical (unpaired) electrons. The Bertz CT molecular complexity index is 734. The van der Waals surface area contributed by atoms with Gasteiger partial charge in [0, 0.05) is 30.6 Å². The van der Waals surface area contributed by atoms with Gasteiger partial charge >= 0.3 is 0 Å². The third-order valence-corrected chi connectivity index (χ3v) is 4.31. The number of carbonyl (C=O) groups excluding carboxylic acids is 1. The molecule has 5 nitrogen and oxygen atoms in total. The second-order valence-electron chi connectivity index (χ2n) is 7.09. The molecule has 0 aliphatic carbocycles. The molecule has 2 aliphatic heterocycles. The zero-order chi connectivity index (χ0) is 17.5. The van der Waals surface area contributed by atoms with Crippen molar-refractivity contribution in [2.45, 2.75) is 39.7 Å². The molecule has 0 spiro atoms. The van der Waals surface area contributed by atoms with Crippen LogP contribution in [0.1, 0.15) is 33.3 Å². The Labute approximate surface area is 143 Å². The van der Waals surface area contributed by atoms with Crippen molar-refractivity contribution in [1.82, 2.24) is 4.90 Å². The predicted octanol–water partition coefficient (Wildman–Crippen LogP) is 3.19. The van der Waals surface area contributed by atoms with Gasteiger partial charge in [0.2, 0.25) is 0 Å². The van der Waals surface area contributed by atoms with Crippen LogP contribution >= 0.6 is 0 Å². The van der Waals surface area contributed by atoms with Crippen molar-refractivity contribution >= 4 is 11.7 Å². The van der Waals surface area contributed by atoms with Crippen molar-refractivity contribution in [3.8, 4) is 11.5 Å². The van der Waals surface area contributed by atoms with Crippen LogP contribution in [0.4, 0.5) is 0 Å². The number of fused-ring (bicyclic) bond motifs is 1. The molecule has 1 amide bonds. The zero-order valence-corrected chi connectivity index (χ0v) is 14.9. The largest absolute Gasteiger partial charge is 0.483 e. The van der Waals surface area contributed by atoms with Crippen molar-refractivity contribution in [1.29, 1.82) is 0 Å². The van der Waals surface area contributed by atoms with Gasteiger partial charge in [-0.1, -0.05) is 25.1 Å². The van der Waals surface area contributed by atoms with Gasteiger partial charge in [-0.3, -0.25) is 9.69 Å². The number of amides is 1. The van der Waals surface area contributed by atoms with Crippen molar-refractivity contribution in [3.05, 3.63) is 35.5 Å². The molecular weight excluding hydrogens is 304 g/mol. The number of hydrogen-bond acceptors (Lipinski definition) is 4. The zero-order valence-electron chi connectivity index (χ0n) is 14.9. The molecule has 1 atom stereocenters. The number of ether oxygens (including phenoxy) is 2. The van der Waals surface area contributed by atoms with E-state index in [2.05, 4.69) is 4.99 Å². The number of nitrogens with zero attached hydrogens (tertiary/aromatic N) is 2. The number of para-hydroxylation sites is 1. The number of likely N-dealkylation sites (N-methyl/N-ethyl adjacent to an activating group) is 1. The van der Waals surface area contributed by atoms with E-state index < -0.39 is 0 Å². The first-order valence-electron chi connectivity index (χ1n) is 8.24. The summed E-state index contributed by atoms with van der Waals surface area (Å²) in [7, 11) is 1.74. The van der Waals surface area contributed by atoms with Crippen LogP contribution in [0.15, 0.2) is 35.0 Å². The first-order valence-corrected chi connectivity index (χ1v) is 8.24. The van der Waals surface area contributed by atoms with E-state index in [1.807, 2.05) is 52.0 Å². The Morgan fingerprint density at radius 2 is 2.21 bits per heavy atom. The lowest BCUT2D eigenvalue weighted by atomic mass is 10.0. The summed E-state index contributed by atoms with van der Waals surface area (Å²) >= 11 is 0. The summed E-state index contributed by atoms with van der Waals surface area (Å²) in [5.41, 5.74) is 1.82. The number of amidine groups is 1. The monoisotopic (exact) mass is 328 g/mol. The Morgan fingerprint density at radius 3 is 2.88 bits per heavy atom. The van der Waals surface area contributed by atoms with Gasteiger partial charge in [0.1, 0.15) is 11.4 Å². The number of benzene rings is 1. The van der Waals surface area contributed by atoms with E-state index in [4.69, 9.17) is 9.47 Å². The van der Waals surface area contributed by atoms with E-state index in [0.717, 1.165) is 29.3 Å². The second-order valence-corrected chi connectivity index (χ2v) is 7.09. The number of carbonyl (C=O) groups is 1. The highest BCUT2D eigenvalue weighted by Gasteiger charge is 2.32. The molecule has 0 fully saturated rings. The van der Waals surface area contributed by atoms with Gasteiger partial charge in [0.15, 0.2) is 18.1 Å². The van der Waals surface area contributed by atoms with Crippen LogP contribution in [0.25, 0.3) is 0 Å². The second kappa shape index (κ2) is 5.96. The molecule has 128 valence electrons. The van der Waals surface area contributed by atoms with Gasteiger partial charge in [-0.05, 0) is 26.8 Å². The fraction of sp³-hybridized carbons (Fsp3) is 0.474. The third kappa shape index (κ3) is 3.16. The van der Waals surface area contributed by atoms with E-state index in [0.29, 0.717) is 5.75 Å². The summed E-state index contributed by atoms with van der Waals surface area (Å²) in [5.74, 6) is 2.15. The summed E-state index contributed by atoms with van der Waals surface area (Å²) in [6.07, 6.45) is 2.88. The van der Waals surface area contributed by atoms with Gasteiger partial charge in [-0.15, -0.1) is 0 Å². The average Bonchev–Trinajstić information content (AvgIpc) is 3.01. The lowest BCUT2D eigenvalue weighted by molar-refractivity contribution is -0.128. The number of hydrogen-bond donors (Lipinski definition) is 0. The van der Waals surface area contributed by atoms with Crippen LogP contribution < -0.4 is 9.47 Å². The molecule has 3 rings (SSSR count). The smallest absolute Gasteiger partial charge is 0.265 e. The average molecular weight is 328 g/mol. The standard InChI is InChI=1S/C19H24N2O3/c1-12-9-13(2)20-18(12)21(5)16(22)11-23-15-8-6-7-14-10-19(3,4)24-17(14)15/h6-9,12H,10-11H2,1-5H3. The van der Waals surface area contributed by atoms with Crippen molar-refractivity contribution < 1.29 is 14.3 Å². The predicted molar refractivity (Wildman–Crippen MR) is 93.5 cm³/mol. The van der Waals surface area contributed by atoms with Crippen molar-refractivity contribution in [3.63, 3.8) is 0 Å². The normalized spacial score (nSPS) is 20.8.